The lowest BCUT2D eigenvalue weighted by atomic mass is 10.3. The van der Waals surface area contributed by atoms with Gasteiger partial charge >= 0.3 is 0 Å². The average molecular weight is 356 g/mol. The fourth-order valence-electron chi connectivity index (χ4n) is 2.98. The van der Waals surface area contributed by atoms with Crippen LogP contribution in [0.1, 0.15) is 19.3 Å². The maximum absolute atomic E-state index is 11.8. The van der Waals surface area contributed by atoms with Crippen LogP contribution in [-0.2, 0) is 19.1 Å². The summed E-state index contributed by atoms with van der Waals surface area (Å²) >= 11 is 0. The molecule has 0 radical (unpaired) electrons. The van der Waals surface area contributed by atoms with Crippen molar-refractivity contribution in [3.63, 3.8) is 0 Å². The lowest BCUT2D eigenvalue weighted by molar-refractivity contribution is -0.129. The highest BCUT2D eigenvalue weighted by molar-refractivity contribution is 5.96. The normalized spacial score (nSPS) is 19.5. The number of hydrogen-bond donors (Lipinski definition) is 2. The number of ether oxygens (including phenoxy) is 2. The first-order valence-electron chi connectivity index (χ1n) is 9.37. The maximum atomic E-state index is 11.8. The molecule has 2 amide bonds. The number of rotatable bonds is 10. The van der Waals surface area contributed by atoms with E-state index in [0.717, 1.165) is 78.5 Å². The first kappa shape index (κ1) is 20.1. The van der Waals surface area contributed by atoms with Crippen molar-refractivity contribution < 1.29 is 19.1 Å². The second-order valence-electron chi connectivity index (χ2n) is 6.49. The van der Waals surface area contributed by atoms with E-state index in [1.807, 2.05) is 0 Å². The summed E-state index contributed by atoms with van der Waals surface area (Å²) in [5.74, 6) is -0.402. The van der Waals surface area contributed by atoms with E-state index in [0.29, 0.717) is 13.1 Å². The fourth-order valence-corrected chi connectivity index (χ4v) is 2.98. The Hall–Kier alpha value is -1.22. The fraction of sp³-hybridized carbons (Fsp3) is 0.882. The van der Waals surface area contributed by atoms with E-state index >= 15 is 0 Å². The Bertz CT molecular complexity index is 360. The van der Waals surface area contributed by atoms with Crippen LogP contribution in [0.2, 0.25) is 0 Å². The van der Waals surface area contributed by atoms with Gasteiger partial charge in [-0.15, -0.1) is 0 Å². The summed E-state index contributed by atoms with van der Waals surface area (Å²) in [5.41, 5.74) is 0. The smallest absolute Gasteiger partial charge is 0.229 e. The van der Waals surface area contributed by atoms with E-state index in [1.165, 1.54) is 0 Å². The minimum absolute atomic E-state index is 0.0882. The van der Waals surface area contributed by atoms with Gasteiger partial charge < -0.3 is 20.1 Å². The Kier molecular flexibility index (Phi) is 9.79. The number of nitrogens with one attached hydrogen (secondary N) is 2. The standard InChI is InChI=1S/C17H32N4O4/c22-16(18-3-1-5-20-7-11-24-12-8-20)15-17(23)19-4-2-6-21-9-13-25-14-10-21/h1-15H2,(H,18,22)(H,19,23). The third-order valence-corrected chi connectivity index (χ3v) is 4.48. The van der Waals surface area contributed by atoms with Gasteiger partial charge in [0.15, 0.2) is 0 Å². The van der Waals surface area contributed by atoms with Gasteiger partial charge in [0, 0.05) is 39.3 Å². The molecule has 8 nitrogen and oxygen atoms in total. The summed E-state index contributed by atoms with van der Waals surface area (Å²) in [6.45, 7) is 10.1. The Morgan fingerprint density at radius 1 is 0.720 bits per heavy atom. The van der Waals surface area contributed by atoms with Crippen LogP contribution in [0.5, 0.6) is 0 Å². The first-order valence-corrected chi connectivity index (χ1v) is 9.37. The highest BCUT2D eigenvalue weighted by Crippen LogP contribution is 1.98. The monoisotopic (exact) mass is 356 g/mol. The minimum Gasteiger partial charge on any atom is -0.379 e. The van der Waals surface area contributed by atoms with Crippen LogP contribution in [-0.4, -0.2) is 100 Å². The molecule has 0 aromatic carbocycles. The minimum atomic E-state index is -0.201. The summed E-state index contributed by atoms with van der Waals surface area (Å²) in [5, 5.41) is 5.63. The van der Waals surface area contributed by atoms with Crippen molar-refractivity contribution in [1.29, 1.82) is 0 Å². The molecule has 2 heterocycles. The molecule has 2 rings (SSSR count). The number of morpholine rings is 2. The van der Waals surface area contributed by atoms with Crippen LogP contribution in [0.4, 0.5) is 0 Å². The molecular weight excluding hydrogens is 324 g/mol. The Morgan fingerprint density at radius 3 is 1.52 bits per heavy atom. The quantitative estimate of drug-likeness (QED) is 0.388. The van der Waals surface area contributed by atoms with Gasteiger partial charge in [0.2, 0.25) is 11.8 Å². The van der Waals surface area contributed by atoms with Crippen molar-refractivity contribution in [1.82, 2.24) is 20.4 Å². The van der Waals surface area contributed by atoms with Crippen LogP contribution in [0, 0.1) is 0 Å². The van der Waals surface area contributed by atoms with Gasteiger partial charge in [-0.05, 0) is 25.9 Å². The summed E-state index contributed by atoms with van der Waals surface area (Å²) in [7, 11) is 0. The van der Waals surface area contributed by atoms with Crippen LogP contribution >= 0.6 is 0 Å². The third-order valence-electron chi connectivity index (χ3n) is 4.48. The van der Waals surface area contributed by atoms with Crippen molar-refractivity contribution in [2.24, 2.45) is 0 Å². The van der Waals surface area contributed by atoms with Gasteiger partial charge in [0.25, 0.3) is 0 Å². The molecule has 2 aliphatic rings. The summed E-state index contributed by atoms with van der Waals surface area (Å²) in [6, 6.07) is 0. The lowest BCUT2D eigenvalue weighted by Gasteiger charge is -2.26. The molecule has 2 aliphatic heterocycles. The molecule has 0 aromatic heterocycles. The number of nitrogens with zero attached hydrogens (tertiary/aromatic N) is 2. The number of carbonyl (C=O) groups excluding carboxylic acids is 2. The van der Waals surface area contributed by atoms with E-state index < -0.39 is 0 Å². The van der Waals surface area contributed by atoms with Crippen molar-refractivity contribution in [2.75, 3.05) is 78.8 Å². The molecule has 0 saturated carbocycles. The van der Waals surface area contributed by atoms with Gasteiger partial charge in [-0.25, -0.2) is 0 Å². The van der Waals surface area contributed by atoms with Gasteiger partial charge in [-0.2, -0.15) is 0 Å². The van der Waals surface area contributed by atoms with Gasteiger partial charge in [0.05, 0.1) is 26.4 Å². The SMILES string of the molecule is O=C(CC(=O)NCCCN1CCOCC1)NCCCN1CCOCC1. The zero-order valence-electron chi connectivity index (χ0n) is 15.1. The predicted octanol–water partition coefficient (Wildman–Crippen LogP) is -0.946. The third kappa shape index (κ3) is 9.15. The van der Waals surface area contributed by atoms with Gasteiger partial charge in [-0.1, -0.05) is 0 Å². The van der Waals surface area contributed by atoms with Gasteiger partial charge in [-0.3, -0.25) is 19.4 Å². The predicted molar refractivity (Wildman–Crippen MR) is 94.4 cm³/mol. The van der Waals surface area contributed by atoms with E-state index in [9.17, 15) is 9.59 Å². The first-order chi connectivity index (χ1) is 12.2. The summed E-state index contributed by atoms with van der Waals surface area (Å²) in [6.07, 6.45) is 1.70. The highest BCUT2D eigenvalue weighted by Gasteiger charge is 2.12. The van der Waals surface area contributed by atoms with E-state index in [1.54, 1.807) is 0 Å². The molecule has 144 valence electrons. The van der Waals surface area contributed by atoms with E-state index in [-0.39, 0.29) is 18.2 Å². The number of carbonyl (C=O) groups is 2. The van der Waals surface area contributed by atoms with E-state index in [4.69, 9.17) is 9.47 Å². The number of amides is 2. The largest absolute Gasteiger partial charge is 0.379 e. The second kappa shape index (κ2) is 12.2. The highest BCUT2D eigenvalue weighted by atomic mass is 16.5. The molecule has 0 aliphatic carbocycles. The lowest BCUT2D eigenvalue weighted by Crippen LogP contribution is -2.39. The summed E-state index contributed by atoms with van der Waals surface area (Å²) in [4.78, 5) is 28.2. The Labute approximate surface area is 150 Å². The van der Waals surface area contributed by atoms with Crippen LogP contribution in [0.15, 0.2) is 0 Å². The Balaban J connectivity index is 1.42. The molecule has 0 bridgehead atoms. The molecule has 25 heavy (non-hydrogen) atoms. The van der Waals surface area contributed by atoms with Gasteiger partial charge in [0.1, 0.15) is 6.42 Å². The molecule has 2 N–H and O–H groups in total. The van der Waals surface area contributed by atoms with Crippen molar-refractivity contribution >= 4 is 11.8 Å². The molecular formula is C17H32N4O4. The molecule has 0 unspecified atom stereocenters. The number of hydrogen-bond acceptors (Lipinski definition) is 6. The zero-order chi connectivity index (χ0) is 17.7. The molecule has 2 saturated heterocycles. The Morgan fingerprint density at radius 2 is 1.12 bits per heavy atom. The van der Waals surface area contributed by atoms with Crippen molar-refractivity contribution in [2.45, 2.75) is 19.3 Å². The molecule has 0 atom stereocenters. The maximum Gasteiger partial charge on any atom is 0.229 e. The molecule has 0 spiro atoms. The van der Waals surface area contributed by atoms with Crippen LogP contribution < -0.4 is 10.6 Å². The molecule has 2 fully saturated rings. The average Bonchev–Trinajstić information content (AvgIpc) is 2.64. The second-order valence-corrected chi connectivity index (χ2v) is 6.49. The van der Waals surface area contributed by atoms with Crippen LogP contribution in [0.25, 0.3) is 0 Å². The molecule has 0 aromatic rings. The van der Waals surface area contributed by atoms with Crippen molar-refractivity contribution in [3.8, 4) is 0 Å². The van der Waals surface area contributed by atoms with E-state index in [2.05, 4.69) is 20.4 Å². The summed E-state index contributed by atoms with van der Waals surface area (Å²) < 4.78 is 10.6. The van der Waals surface area contributed by atoms with Crippen molar-refractivity contribution in [3.05, 3.63) is 0 Å². The van der Waals surface area contributed by atoms with Crippen LogP contribution in [0.3, 0.4) is 0 Å². The molecule has 8 heteroatoms. The zero-order valence-corrected chi connectivity index (χ0v) is 15.1. The topological polar surface area (TPSA) is 83.1 Å².